The summed E-state index contributed by atoms with van der Waals surface area (Å²) < 4.78 is 5.60. The van der Waals surface area contributed by atoms with E-state index in [2.05, 4.69) is 20.8 Å². The molecule has 28 heavy (non-hydrogen) atoms. The highest BCUT2D eigenvalue weighted by Gasteiger charge is 2.18. The maximum atomic E-state index is 12.4. The lowest BCUT2D eigenvalue weighted by atomic mass is 9.96. The number of hydrogen-bond donors (Lipinski definition) is 0. The number of carbonyl (C=O) groups is 1. The van der Waals surface area contributed by atoms with Gasteiger partial charge < -0.3 is 4.74 Å². The van der Waals surface area contributed by atoms with E-state index in [1.165, 1.54) is 103 Å². The summed E-state index contributed by atoms with van der Waals surface area (Å²) in [6.07, 6.45) is 25.5. The highest BCUT2D eigenvalue weighted by Crippen LogP contribution is 2.19. The van der Waals surface area contributed by atoms with E-state index in [1.807, 2.05) is 0 Å². The lowest BCUT2D eigenvalue weighted by Crippen LogP contribution is -2.18. The minimum atomic E-state index is 0.0717. The summed E-state index contributed by atoms with van der Waals surface area (Å²) in [4.78, 5) is 12.4. The third-order valence-corrected chi connectivity index (χ3v) is 5.87. The molecule has 0 saturated heterocycles. The Morgan fingerprint density at radius 2 is 0.964 bits per heavy atom. The smallest absolute Gasteiger partial charge is 0.308 e. The first-order chi connectivity index (χ1) is 13.8. The molecule has 0 aliphatic rings. The molecule has 0 aromatic carbocycles. The molecule has 0 spiro atoms. The summed E-state index contributed by atoms with van der Waals surface area (Å²) in [5.41, 5.74) is 0. The Hall–Kier alpha value is -0.530. The van der Waals surface area contributed by atoms with E-state index < -0.39 is 0 Å². The average molecular weight is 397 g/mol. The molecule has 2 heteroatoms. The molecule has 0 fully saturated rings. The van der Waals surface area contributed by atoms with Gasteiger partial charge in [-0.05, 0) is 19.3 Å². The zero-order valence-electron chi connectivity index (χ0n) is 19.7. The van der Waals surface area contributed by atoms with Crippen LogP contribution < -0.4 is 0 Å². The van der Waals surface area contributed by atoms with Crippen molar-refractivity contribution in [3.63, 3.8) is 0 Å². The number of unbranched alkanes of at least 4 members (excludes halogenated alkanes) is 15. The third kappa shape index (κ3) is 18.8. The van der Waals surface area contributed by atoms with Crippen LogP contribution in [-0.4, -0.2) is 12.6 Å². The standard InChI is InChI=1S/C26H52O2/c1-4-7-9-11-13-14-15-16-17-19-21-24-28-26(27)25(22-6-3)23-20-18-12-10-8-5-2/h25H,4-24H2,1-3H3. The summed E-state index contributed by atoms with van der Waals surface area (Å²) in [6.45, 7) is 7.33. The summed E-state index contributed by atoms with van der Waals surface area (Å²) in [6, 6.07) is 0. The van der Waals surface area contributed by atoms with Gasteiger partial charge in [-0.1, -0.05) is 130 Å². The number of carbonyl (C=O) groups excluding carboxylic acids is 1. The van der Waals surface area contributed by atoms with Gasteiger partial charge in [-0.2, -0.15) is 0 Å². The van der Waals surface area contributed by atoms with Crippen LogP contribution in [0, 0.1) is 5.92 Å². The van der Waals surface area contributed by atoms with Crippen molar-refractivity contribution in [2.75, 3.05) is 6.61 Å². The molecular formula is C26H52O2. The molecule has 0 aliphatic heterocycles. The third-order valence-electron chi connectivity index (χ3n) is 5.87. The average Bonchev–Trinajstić information content (AvgIpc) is 2.70. The van der Waals surface area contributed by atoms with Crippen LogP contribution in [0.3, 0.4) is 0 Å². The van der Waals surface area contributed by atoms with Crippen molar-refractivity contribution >= 4 is 5.97 Å². The largest absolute Gasteiger partial charge is 0.465 e. The molecule has 0 aliphatic carbocycles. The van der Waals surface area contributed by atoms with Crippen LogP contribution in [0.1, 0.15) is 149 Å². The van der Waals surface area contributed by atoms with Crippen LogP contribution >= 0.6 is 0 Å². The topological polar surface area (TPSA) is 26.3 Å². The van der Waals surface area contributed by atoms with Crippen LogP contribution in [0.4, 0.5) is 0 Å². The molecule has 0 aromatic heterocycles. The first kappa shape index (κ1) is 27.5. The fraction of sp³-hybridized carbons (Fsp3) is 0.962. The normalized spacial score (nSPS) is 12.2. The molecule has 0 aromatic rings. The highest BCUT2D eigenvalue weighted by atomic mass is 16.5. The molecule has 0 saturated carbocycles. The Kier molecular flexibility index (Phi) is 22.3. The maximum Gasteiger partial charge on any atom is 0.308 e. The Morgan fingerprint density at radius 3 is 1.43 bits per heavy atom. The van der Waals surface area contributed by atoms with Gasteiger partial charge in [0.15, 0.2) is 0 Å². The lowest BCUT2D eigenvalue weighted by molar-refractivity contribution is -0.149. The molecule has 0 amide bonds. The highest BCUT2D eigenvalue weighted by molar-refractivity contribution is 5.72. The van der Waals surface area contributed by atoms with Crippen molar-refractivity contribution in [1.82, 2.24) is 0 Å². The van der Waals surface area contributed by atoms with Gasteiger partial charge in [0, 0.05) is 0 Å². The van der Waals surface area contributed by atoms with E-state index in [1.54, 1.807) is 0 Å². The molecule has 0 bridgehead atoms. The van der Waals surface area contributed by atoms with Crippen molar-refractivity contribution in [1.29, 1.82) is 0 Å². The predicted molar refractivity (Wildman–Crippen MR) is 124 cm³/mol. The Balaban J connectivity index is 3.56. The number of esters is 1. The van der Waals surface area contributed by atoms with Gasteiger partial charge in [0.1, 0.15) is 0 Å². The SMILES string of the molecule is CCCCCCCCCCCCCOC(=O)C(CCC)CCCCCCCC. The van der Waals surface area contributed by atoms with E-state index in [4.69, 9.17) is 4.74 Å². The zero-order valence-corrected chi connectivity index (χ0v) is 19.7. The molecule has 1 unspecified atom stereocenters. The summed E-state index contributed by atoms with van der Waals surface area (Å²) in [5, 5.41) is 0. The van der Waals surface area contributed by atoms with Crippen LogP contribution in [-0.2, 0) is 9.53 Å². The van der Waals surface area contributed by atoms with Crippen LogP contribution in [0.15, 0.2) is 0 Å². The summed E-state index contributed by atoms with van der Waals surface area (Å²) in [5.74, 6) is 0.214. The Labute approximate surface area is 177 Å². The predicted octanol–water partition coefficient (Wildman–Crippen LogP) is 9.01. The van der Waals surface area contributed by atoms with Gasteiger partial charge in [0.2, 0.25) is 0 Å². The molecule has 168 valence electrons. The van der Waals surface area contributed by atoms with Crippen molar-refractivity contribution < 1.29 is 9.53 Å². The second-order valence-corrected chi connectivity index (χ2v) is 8.75. The van der Waals surface area contributed by atoms with Gasteiger partial charge >= 0.3 is 5.97 Å². The molecule has 1 atom stereocenters. The minimum Gasteiger partial charge on any atom is -0.465 e. The van der Waals surface area contributed by atoms with Crippen molar-refractivity contribution in [2.45, 2.75) is 149 Å². The lowest BCUT2D eigenvalue weighted by Gasteiger charge is -2.15. The fourth-order valence-corrected chi connectivity index (χ4v) is 3.96. The van der Waals surface area contributed by atoms with Crippen molar-refractivity contribution in [3.8, 4) is 0 Å². The number of rotatable bonds is 22. The first-order valence-electron chi connectivity index (χ1n) is 12.9. The van der Waals surface area contributed by atoms with Crippen molar-refractivity contribution in [3.05, 3.63) is 0 Å². The monoisotopic (exact) mass is 396 g/mol. The van der Waals surface area contributed by atoms with Gasteiger partial charge in [-0.25, -0.2) is 0 Å². The van der Waals surface area contributed by atoms with Gasteiger partial charge in [0.25, 0.3) is 0 Å². The van der Waals surface area contributed by atoms with E-state index in [-0.39, 0.29) is 11.9 Å². The maximum absolute atomic E-state index is 12.4. The molecular weight excluding hydrogens is 344 g/mol. The molecule has 0 N–H and O–H groups in total. The van der Waals surface area contributed by atoms with E-state index in [0.29, 0.717) is 6.61 Å². The molecule has 0 radical (unpaired) electrons. The Bertz CT molecular complexity index is 314. The van der Waals surface area contributed by atoms with Gasteiger partial charge in [-0.3, -0.25) is 4.79 Å². The molecule has 0 rings (SSSR count). The quantitative estimate of drug-likeness (QED) is 0.135. The second kappa shape index (κ2) is 22.8. The first-order valence-corrected chi connectivity index (χ1v) is 12.9. The van der Waals surface area contributed by atoms with E-state index in [9.17, 15) is 4.79 Å². The second-order valence-electron chi connectivity index (χ2n) is 8.75. The van der Waals surface area contributed by atoms with E-state index >= 15 is 0 Å². The van der Waals surface area contributed by atoms with Crippen LogP contribution in [0.5, 0.6) is 0 Å². The van der Waals surface area contributed by atoms with Crippen LogP contribution in [0.2, 0.25) is 0 Å². The number of ether oxygens (including phenoxy) is 1. The number of hydrogen-bond acceptors (Lipinski definition) is 2. The van der Waals surface area contributed by atoms with Crippen LogP contribution in [0.25, 0.3) is 0 Å². The fourth-order valence-electron chi connectivity index (χ4n) is 3.96. The van der Waals surface area contributed by atoms with Gasteiger partial charge in [-0.15, -0.1) is 0 Å². The summed E-state index contributed by atoms with van der Waals surface area (Å²) >= 11 is 0. The molecule has 0 heterocycles. The molecule has 2 nitrogen and oxygen atoms in total. The van der Waals surface area contributed by atoms with Gasteiger partial charge in [0.05, 0.1) is 12.5 Å². The summed E-state index contributed by atoms with van der Waals surface area (Å²) in [7, 11) is 0. The zero-order chi connectivity index (χ0) is 20.7. The Morgan fingerprint density at radius 1 is 0.536 bits per heavy atom. The minimum absolute atomic E-state index is 0.0717. The van der Waals surface area contributed by atoms with Crippen molar-refractivity contribution in [2.24, 2.45) is 5.92 Å². The van der Waals surface area contributed by atoms with E-state index in [0.717, 1.165) is 25.7 Å².